The lowest BCUT2D eigenvalue weighted by Crippen LogP contribution is -2.31. The average Bonchev–Trinajstić information content (AvgIpc) is 2.45. The van der Waals surface area contributed by atoms with Gasteiger partial charge < -0.3 is 14.9 Å². The van der Waals surface area contributed by atoms with Crippen LogP contribution in [0.4, 0.5) is 0 Å². The van der Waals surface area contributed by atoms with E-state index in [2.05, 4.69) is 6.58 Å². The van der Waals surface area contributed by atoms with Crippen molar-refractivity contribution in [2.24, 2.45) is 0 Å². The lowest BCUT2D eigenvalue weighted by Gasteiger charge is -2.22. The van der Waals surface area contributed by atoms with Crippen LogP contribution in [-0.2, 0) is 0 Å². The Kier molecular flexibility index (Phi) is 7.30. The van der Waals surface area contributed by atoms with Crippen molar-refractivity contribution in [1.82, 2.24) is 4.90 Å². The molecule has 0 saturated heterocycles. The van der Waals surface area contributed by atoms with Crippen molar-refractivity contribution >= 4 is 0 Å². The Morgan fingerprint density at radius 3 is 2.50 bits per heavy atom. The van der Waals surface area contributed by atoms with Crippen LogP contribution in [0.3, 0.4) is 0 Å². The zero-order valence-corrected chi connectivity index (χ0v) is 12.4. The van der Waals surface area contributed by atoms with E-state index >= 15 is 0 Å². The van der Waals surface area contributed by atoms with Crippen molar-refractivity contribution in [2.45, 2.75) is 20.0 Å². The van der Waals surface area contributed by atoms with Crippen molar-refractivity contribution in [3.8, 4) is 5.75 Å². The number of hydrogen-bond acceptors (Lipinski definition) is 4. The van der Waals surface area contributed by atoms with Crippen LogP contribution in [0, 0.1) is 0 Å². The second kappa shape index (κ2) is 8.74. The number of rotatable bonds is 9. The topological polar surface area (TPSA) is 52.9 Å². The van der Waals surface area contributed by atoms with Crippen LogP contribution in [-0.4, -0.2) is 48.0 Å². The van der Waals surface area contributed by atoms with Gasteiger partial charge in [-0.1, -0.05) is 25.6 Å². The van der Waals surface area contributed by atoms with Gasteiger partial charge in [-0.05, 0) is 36.7 Å². The van der Waals surface area contributed by atoms with Gasteiger partial charge in [-0.3, -0.25) is 4.90 Å². The SMILES string of the molecule is C=C(C)COc1ccc(C(O)CN(CC)CCO)cc1. The van der Waals surface area contributed by atoms with E-state index in [1.165, 1.54) is 0 Å². The normalized spacial score (nSPS) is 12.4. The predicted molar refractivity (Wildman–Crippen MR) is 80.9 cm³/mol. The molecular weight excluding hydrogens is 254 g/mol. The van der Waals surface area contributed by atoms with Crippen LogP contribution >= 0.6 is 0 Å². The zero-order chi connectivity index (χ0) is 15.0. The summed E-state index contributed by atoms with van der Waals surface area (Å²) in [7, 11) is 0. The second-order valence-corrected chi connectivity index (χ2v) is 4.95. The van der Waals surface area contributed by atoms with E-state index in [4.69, 9.17) is 9.84 Å². The van der Waals surface area contributed by atoms with E-state index in [9.17, 15) is 5.11 Å². The molecule has 4 nitrogen and oxygen atoms in total. The highest BCUT2D eigenvalue weighted by Gasteiger charge is 2.12. The van der Waals surface area contributed by atoms with Crippen LogP contribution < -0.4 is 4.74 Å². The quantitative estimate of drug-likeness (QED) is 0.679. The van der Waals surface area contributed by atoms with Gasteiger partial charge in [0, 0.05) is 13.1 Å². The molecule has 112 valence electrons. The summed E-state index contributed by atoms with van der Waals surface area (Å²) in [6.07, 6.45) is -0.559. The molecule has 0 heterocycles. The molecule has 2 N–H and O–H groups in total. The second-order valence-electron chi connectivity index (χ2n) is 4.95. The minimum absolute atomic E-state index is 0.105. The molecule has 1 unspecified atom stereocenters. The van der Waals surface area contributed by atoms with Crippen LogP contribution in [0.2, 0.25) is 0 Å². The standard InChI is InChI=1S/C16H25NO3/c1-4-17(9-10-18)11-16(19)14-5-7-15(8-6-14)20-12-13(2)3/h5-8,16,18-19H,2,4,9-12H2,1,3H3. The summed E-state index contributed by atoms with van der Waals surface area (Å²) in [4.78, 5) is 2.01. The van der Waals surface area contributed by atoms with E-state index in [0.29, 0.717) is 19.7 Å². The number of aliphatic hydroxyl groups is 2. The van der Waals surface area contributed by atoms with E-state index in [-0.39, 0.29) is 6.61 Å². The average molecular weight is 279 g/mol. The molecule has 0 amide bonds. The van der Waals surface area contributed by atoms with Crippen LogP contribution in [0.1, 0.15) is 25.5 Å². The Morgan fingerprint density at radius 1 is 1.35 bits per heavy atom. The predicted octanol–water partition coefficient (Wildman–Crippen LogP) is 1.99. The third kappa shape index (κ3) is 5.74. The molecule has 0 radical (unpaired) electrons. The fraction of sp³-hybridized carbons (Fsp3) is 0.500. The number of benzene rings is 1. The summed E-state index contributed by atoms with van der Waals surface area (Å²) in [5.74, 6) is 0.770. The van der Waals surface area contributed by atoms with Gasteiger partial charge in [-0.15, -0.1) is 0 Å². The molecule has 0 aliphatic rings. The van der Waals surface area contributed by atoms with Gasteiger partial charge in [0.05, 0.1) is 12.7 Å². The molecule has 1 aromatic rings. The highest BCUT2D eigenvalue weighted by molar-refractivity contribution is 5.29. The highest BCUT2D eigenvalue weighted by atomic mass is 16.5. The molecule has 0 spiro atoms. The summed E-state index contributed by atoms with van der Waals surface area (Å²) >= 11 is 0. The number of likely N-dealkylation sites (N-methyl/N-ethyl adjacent to an activating group) is 1. The van der Waals surface area contributed by atoms with Crippen LogP contribution in [0.15, 0.2) is 36.4 Å². The van der Waals surface area contributed by atoms with E-state index in [0.717, 1.165) is 23.4 Å². The molecule has 1 aromatic carbocycles. The number of aliphatic hydroxyl groups excluding tert-OH is 2. The highest BCUT2D eigenvalue weighted by Crippen LogP contribution is 2.19. The van der Waals surface area contributed by atoms with Gasteiger partial charge in [0.15, 0.2) is 0 Å². The molecule has 0 aromatic heterocycles. The molecular formula is C16H25NO3. The summed E-state index contributed by atoms with van der Waals surface area (Å²) in [6, 6.07) is 7.43. The smallest absolute Gasteiger partial charge is 0.119 e. The van der Waals surface area contributed by atoms with Crippen molar-refractivity contribution < 1.29 is 14.9 Å². The molecule has 4 heteroatoms. The van der Waals surface area contributed by atoms with Crippen molar-refractivity contribution in [3.63, 3.8) is 0 Å². The summed E-state index contributed by atoms with van der Waals surface area (Å²) < 4.78 is 5.52. The molecule has 1 atom stereocenters. The Morgan fingerprint density at radius 2 is 2.00 bits per heavy atom. The van der Waals surface area contributed by atoms with Crippen molar-refractivity contribution in [3.05, 3.63) is 42.0 Å². The third-order valence-corrected chi connectivity index (χ3v) is 3.04. The van der Waals surface area contributed by atoms with E-state index in [1.807, 2.05) is 43.0 Å². The Labute approximate surface area is 121 Å². The van der Waals surface area contributed by atoms with E-state index in [1.54, 1.807) is 0 Å². The maximum Gasteiger partial charge on any atom is 0.119 e. The van der Waals surface area contributed by atoms with Gasteiger partial charge in [-0.25, -0.2) is 0 Å². The van der Waals surface area contributed by atoms with Gasteiger partial charge in [-0.2, -0.15) is 0 Å². The largest absolute Gasteiger partial charge is 0.489 e. The van der Waals surface area contributed by atoms with Gasteiger partial charge >= 0.3 is 0 Å². The minimum Gasteiger partial charge on any atom is -0.489 e. The first-order valence-corrected chi connectivity index (χ1v) is 6.95. The molecule has 1 rings (SSSR count). The summed E-state index contributed by atoms with van der Waals surface area (Å²) in [6.45, 7) is 10.2. The first-order valence-electron chi connectivity index (χ1n) is 6.95. The molecule has 0 fully saturated rings. The lowest BCUT2D eigenvalue weighted by atomic mass is 10.1. The molecule has 0 aliphatic heterocycles. The van der Waals surface area contributed by atoms with Gasteiger partial charge in [0.25, 0.3) is 0 Å². The van der Waals surface area contributed by atoms with Crippen LogP contribution in [0.5, 0.6) is 5.75 Å². The fourth-order valence-corrected chi connectivity index (χ4v) is 1.86. The van der Waals surface area contributed by atoms with Crippen LogP contribution in [0.25, 0.3) is 0 Å². The first kappa shape index (κ1) is 16.7. The van der Waals surface area contributed by atoms with Gasteiger partial charge in [0.1, 0.15) is 12.4 Å². The summed E-state index contributed by atoms with van der Waals surface area (Å²) in [5.41, 5.74) is 1.82. The monoisotopic (exact) mass is 279 g/mol. The maximum absolute atomic E-state index is 10.2. The number of ether oxygens (including phenoxy) is 1. The Bertz CT molecular complexity index is 403. The Hall–Kier alpha value is -1.36. The minimum atomic E-state index is -0.559. The number of nitrogens with zero attached hydrogens (tertiary/aromatic N) is 1. The molecule has 0 bridgehead atoms. The van der Waals surface area contributed by atoms with Gasteiger partial charge in [0.2, 0.25) is 0 Å². The number of hydrogen-bond donors (Lipinski definition) is 2. The lowest BCUT2D eigenvalue weighted by molar-refractivity contribution is 0.103. The third-order valence-electron chi connectivity index (χ3n) is 3.04. The molecule has 0 aliphatic carbocycles. The zero-order valence-electron chi connectivity index (χ0n) is 12.4. The molecule has 0 saturated carbocycles. The van der Waals surface area contributed by atoms with Crippen molar-refractivity contribution in [2.75, 3.05) is 32.8 Å². The van der Waals surface area contributed by atoms with Crippen molar-refractivity contribution in [1.29, 1.82) is 0 Å². The first-order chi connectivity index (χ1) is 9.56. The Balaban J connectivity index is 2.56. The van der Waals surface area contributed by atoms with E-state index < -0.39 is 6.10 Å². The maximum atomic E-state index is 10.2. The summed E-state index contributed by atoms with van der Waals surface area (Å²) in [5, 5.41) is 19.1. The fourth-order valence-electron chi connectivity index (χ4n) is 1.86. The molecule has 20 heavy (non-hydrogen) atoms.